The van der Waals surface area contributed by atoms with Crippen molar-refractivity contribution in [3.63, 3.8) is 0 Å². The lowest BCUT2D eigenvalue weighted by Crippen LogP contribution is -2.45. The molecule has 1 aliphatic rings. The summed E-state index contributed by atoms with van der Waals surface area (Å²) in [4.78, 5) is 2.30. The molecule has 1 aliphatic heterocycles. The molecular formula is C16H19FN2OS. The highest BCUT2D eigenvalue weighted by Crippen LogP contribution is 2.37. The minimum atomic E-state index is -0.296. The largest absolute Gasteiger partial charge is 0.507 e. The van der Waals surface area contributed by atoms with Crippen molar-refractivity contribution in [3.05, 3.63) is 51.5 Å². The Morgan fingerprint density at radius 1 is 1.33 bits per heavy atom. The molecule has 2 heterocycles. The van der Waals surface area contributed by atoms with Gasteiger partial charge < -0.3 is 10.4 Å². The zero-order chi connectivity index (χ0) is 14.8. The van der Waals surface area contributed by atoms with Crippen LogP contribution in [-0.2, 0) is 0 Å². The van der Waals surface area contributed by atoms with Crippen LogP contribution < -0.4 is 5.32 Å². The third-order valence-corrected chi connectivity index (χ3v) is 4.67. The number of phenols is 1. The van der Waals surface area contributed by atoms with Crippen LogP contribution >= 0.6 is 11.3 Å². The maximum atomic E-state index is 13.8. The predicted molar refractivity (Wildman–Crippen MR) is 83.4 cm³/mol. The number of halogens is 1. The molecule has 0 spiro atoms. The highest BCUT2D eigenvalue weighted by atomic mass is 32.1. The van der Waals surface area contributed by atoms with Crippen LogP contribution in [-0.4, -0.2) is 36.2 Å². The lowest BCUT2D eigenvalue weighted by Gasteiger charge is -2.35. The van der Waals surface area contributed by atoms with E-state index in [2.05, 4.69) is 21.7 Å². The number of aromatic hydroxyl groups is 1. The quantitative estimate of drug-likeness (QED) is 0.915. The Kier molecular flexibility index (Phi) is 4.24. The van der Waals surface area contributed by atoms with E-state index in [0.29, 0.717) is 11.1 Å². The van der Waals surface area contributed by atoms with Crippen LogP contribution in [0.15, 0.2) is 29.0 Å². The first-order valence-electron chi connectivity index (χ1n) is 7.12. The van der Waals surface area contributed by atoms with Gasteiger partial charge in [0.1, 0.15) is 11.6 Å². The Balaban J connectivity index is 2.07. The van der Waals surface area contributed by atoms with Crippen LogP contribution in [0.1, 0.15) is 22.7 Å². The molecule has 0 amide bonds. The highest BCUT2D eigenvalue weighted by Gasteiger charge is 2.27. The lowest BCUT2D eigenvalue weighted by atomic mass is 9.96. The first-order valence-corrected chi connectivity index (χ1v) is 8.07. The molecule has 1 fully saturated rings. The fraction of sp³-hybridized carbons (Fsp3) is 0.375. The fourth-order valence-electron chi connectivity index (χ4n) is 2.93. The molecule has 1 saturated heterocycles. The monoisotopic (exact) mass is 306 g/mol. The van der Waals surface area contributed by atoms with E-state index in [-0.39, 0.29) is 17.6 Å². The topological polar surface area (TPSA) is 35.5 Å². The van der Waals surface area contributed by atoms with Gasteiger partial charge in [0, 0.05) is 31.7 Å². The Hall–Kier alpha value is -1.43. The number of hydrogen-bond acceptors (Lipinski definition) is 4. The summed E-state index contributed by atoms with van der Waals surface area (Å²) in [5, 5.41) is 17.8. The van der Waals surface area contributed by atoms with Gasteiger partial charge in [0.2, 0.25) is 0 Å². The molecule has 112 valence electrons. The third-order valence-electron chi connectivity index (χ3n) is 3.96. The van der Waals surface area contributed by atoms with E-state index in [1.807, 2.05) is 5.38 Å². The number of thiophene rings is 1. The van der Waals surface area contributed by atoms with Crippen LogP contribution in [0, 0.1) is 12.7 Å². The van der Waals surface area contributed by atoms with E-state index in [0.717, 1.165) is 31.7 Å². The summed E-state index contributed by atoms with van der Waals surface area (Å²) in [6, 6.07) is 4.80. The number of phenolic OH excluding ortho intramolecular Hbond substituents is 1. The van der Waals surface area contributed by atoms with Crippen molar-refractivity contribution >= 4 is 11.3 Å². The Bertz CT molecular complexity index is 609. The van der Waals surface area contributed by atoms with E-state index >= 15 is 0 Å². The SMILES string of the molecule is Cc1cc(F)cc([C@H](c2ccsc2)N2CCNCC2)c1O. The Labute approximate surface area is 128 Å². The molecule has 0 radical (unpaired) electrons. The number of nitrogens with zero attached hydrogens (tertiary/aromatic N) is 1. The maximum Gasteiger partial charge on any atom is 0.124 e. The van der Waals surface area contributed by atoms with Gasteiger partial charge in [-0.2, -0.15) is 11.3 Å². The van der Waals surface area contributed by atoms with Crippen molar-refractivity contribution in [3.8, 4) is 5.75 Å². The van der Waals surface area contributed by atoms with E-state index < -0.39 is 0 Å². The van der Waals surface area contributed by atoms with Crippen molar-refractivity contribution in [2.45, 2.75) is 13.0 Å². The van der Waals surface area contributed by atoms with Gasteiger partial charge in [0.25, 0.3) is 0 Å². The summed E-state index contributed by atoms with van der Waals surface area (Å²) in [7, 11) is 0. The zero-order valence-corrected chi connectivity index (χ0v) is 12.8. The average Bonchev–Trinajstić information content (AvgIpc) is 2.99. The molecule has 2 N–H and O–H groups in total. The van der Waals surface area contributed by atoms with Crippen molar-refractivity contribution in [2.24, 2.45) is 0 Å². The molecule has 3 nitrogen and oxygen atoms in total. The van der Waals surface area contributed by atoms with Crippen molar-refractivity contribution in [1.29, 1.82) is 0 Å². The molecule has 2 aromatic rings. The van der Waals surface area contributed by atoms with Crippen LogP contribution in [0.4, 0.5) is 4.39 Å². The van der Waals surface area contributed by atoms with E-state index in [9.17, 15) is 9.50 Å². The van der Waals surface area contributed by atoms with Gasteiger partial charge in [-0.05, 0) is 47.0 Å². The second kappa shape index (κ2) is 6.13. The third kappa shape index (κ3) is 2.95. The summed E-state index contributed by atoms with van der Waals surface area (Å²) in [5.74, 6) is -0.0956. The molecule has 0 aliphatic carbocycles. The Morgan fingerprint density at radius 2 is 2.10 bits per heavy atom. The second-order valence-corrected chi connectivity index (χ2v) is 6.19. The van der Waals surface area contributed by atoms with Gasteiger partial charge in [-0.1, -0.05) is 0 Å². The molecule has 3 rings (SSSR count). The summed E-state index contributed by atoms with van der Waals surface area (Å²) in [5.41, 5.74) is 2.36. The smallest absolute Gasteiger partial charge is 0.124 e. The van der Waals surface area contributed by atoms with Crippen LogP contribution in [0.25, 0.3) is 0 Å². The second-order valence-electron chi connectivity index (χ2n) is 5.41. The van der Waals surface area contributed by atoms with Gasteiger partial charge in [0.05, 0.1) is 6.04 Å². The van der Waals surface area contributed by atoms with Crippen molar-refractivity contribution < 1.29 is 9.50 Å². The average molecular weight is 306 g/mol. The molecule has 0 unspecified atom stereocenters. The molecule has 0 bridgehead atoms. The molecule has 1 aromatic heterocycles. The minimum Gasteiger partial charge on any atom is -0.507 e. The standard InChI is InChI=1S/C16H19FN2OS/c1-11-8-13(17)9-14(16(11)20)15(12-2-7-21-10-12)19-5-3-18-4-6-19/h2,7-10,15,18,20H,3-6H2,1H3/t15-/m0/s1. The summed E-state index contributed by atoms with van der Waals surface area (Å²) in [6.45, 7) is 5.33. The van der Waals surface area contributed by atoms with Crippen LogP contribution in [0.2, 0.25) is 0 Å². The first kappa shape index (κ1) is 14.5. The van der Waals surface area contributed by atoms with Crippen LogP contribution in [0.5, 0.6) is 5.75 Å². The predicted octanol–water partition coefficient (Wildman–Crippen LogP) is 2.90. The minimum absolute atomic E-state index is 0.0900. The molecule has 0 saturated carbocycles. The fourth-order valence-corrected chi connectivity index (χ4v) is 3.61. The van der Waals surface area contributed by atoms with Crippen molar-refractivity contribution in [1.82, 2.24) is 10.2 Å². The van der Waals surface area contributed by atoms with Gasteiger partial charge in [-0.15, -0.1) is 0 Å². The van der Waals surface area contributed by atoms with E-state index in [1.54, 1.807) is 18.3 Å². The molecule has 1 aromatic carbocycles. The Morgan fingerprint density at radius 3 is 2.76 bits per heavy atom. The number of benzene rings is 1. The first-order chi connectivity index (χ1) is 10.2. The molecular weight excluding hydrogens is 287 g/mol. The van der Waals surface area contributed by atoms with Gasteiger partial charge in [-0.3, -0.25) is 4.90 Å². The maximum absolute atomic E-state index is 13.8. The number of piperazine rings is 1. The van der Waals surface area contributed by atoms with Crippen LogP contribution in [0.3, 0.4) is 0 Å². The van der Waals surface area contributed by atoms with Crippen molar-refractivity contribution in [2.75, 3.05) is 26.2 Å². The molecule has 1 atom stereocenters. The number of aryl methyl sites for hydroxylation is 1. The van der Waals surface area contributed by atoms with Gasteiger partial charge in [-0.25, -0.2) is 4.39 Å². The van der Waals surface area contributed by atoms with E-state index in [1.165, 1.54) is 12.1 Å². The van der Waals surface area contributed by atoms with Gasteiger partial charge in [0.15, 0.2) is 0 Å². The van der Waals surface area contributed by atoms with E-state index in [4.69, 9.17) is 0 Å². The highest BCUT2D eigenvalue weighted by molar-refractivity contribution is 7.08. The normalized spacial score (nSPS) is 17.8. The summed E-state index contributed by atoms with van der Waals surface area (Å²) < 4.78 is 13.8. The summed E-state index contributed by atoms with van der Waals surface area (Å²) >= 11 is 1.62. The number of nitrogens with one attached hydrogen (secondary N) is 1. The zero-order valence-electron chi connectivity index (χ0n) is 12.0. The number of hydrogen-bond donors (Lipinski definition) is 2. The summed E-state index contributed by atoms with van der Waals surface area (Å²) in [6.07, 6.45) is 0. The van der Waals surface area contributed by atoms with Gasteiger partial charge >= 0.3 is 0 Å². The molecule has 5 heteroatoms. The lowest BCUT2D eigenvalue weighted by molar-refractivity contribution is 0.195. The molecule has 21 heavy (non-hydrogen) atoms. The number of rotatable bonds is 3.